The zero-order valence-corrected chi connectivity index (χ0v) is 12.8. The van der Waals surface area contributed by atoms with Gasteiger partial charge >= 0.3 is 0 Å². The maximum Gasteiger partial charge on any atom is 0.272 e. The summed E-state index contributed by atoms with van der Waals surface area (Å²) in [4.78, 5) is 21.9. The van der Waals surface area contributed by atoms with Crippen LogP contribution in [0.4, 0.5) is 10.2 Å². The Labute approximate surface area is 133 Å². The average molecular weight is 313 g/mol. The van der Waals surface area contributed by atoms with E-state index in [0.29, 0.717) is 17.1 Å². The minimum Gasteiger partial charge on any atom is -0.379 e. The van der Waals surface area contributed by atoms with Gasteiger partial charge in [0.1, 0.15) is 11.6 Å². The molecule has 1 amide bonds. The third-order valence-corrected chi connectivity index (χ3v) is 3.68. The molecule has 0 bridgehead atoms. The molecule has 0 aliphatic carbocycles. The molecule has 0 unspecified atom stereocenters. The summed E-state index contributed by atoms with van der Waals surface area (Å²) in [6.45, 7) is 3.53. The lowest BCUT2D eigenvalue weighted by molar-refractivity contribution is -0.135. The second-order valence-electron chi connectivity index (χ2n) is 5.69. The lowest BCUT2D eigenvalue weighted by Gasteiger charge is -2.20. The number of carbonyl (C=O) groups excluding carboxylic acids is 1. The number of carbonyl (C=O) groups is 1. The molecule has 0 fully saturated rings. The Morgan fingerprint density at radius 2 is 2.09 bits per heavy atom. The summed E-state index contributed by atoms with van der Waals surface area (Å²) in [7, 11) is 0. The summed E-state index contributed by atoms with van der Waals surface area (Å²) < 4.78 is 13.8. The number of hydrogen-bond acceptors (Lipinski definition) is 4. The van der Waals surface area contributed by atoms with Crippen LogP contribution in [-0.4, -0.2) is 22.2 Å². The first-order chi connectivity index (χ1) is 11.0. The third kappa shape index (κ3) is 3.06. The number of aromatic nitrogens is 1. The van der Waals surface area contributed by atoms with Crippen LogP contribution in [0.15, 0.2) is 47.8 Å². The number of amides is 1. The fraction of sp³-hybridized carbons (Fsp3) is 0.235. The van der Waals surface area contributed by atoms with Crippen LogP contribution in [0.2, 0.25) is 0 Å². The van der Waals surface area contributed by atoms with Gasteiger partial charge in [0.05, 0.1) is 5.71 Å². The van der Waals surface area contributed by atoms with Crippen LogP contribution < -0.4 is 5.32 Å². The monoisotopic (exact) mass is 313 g/mol. The molecule has 2 heterocycles. The summed E-state index contributed by atoms with van der Waals surface area (Å²) in [5.74, 6) is -0.326. The fourth-order valence-corrected chi connectivity index (χ4v) is 2.29. The molecule has 2 aromatic rings. The van der Waals surface area contributed by atoms with Crippen LogP contribution in [0.5, 0.6) is 0 Å². The van der Waals surface area contributed by atoms with Crippen molar-refractivity contribution >= 4 is 17.4 Å². The predicted octanol–water partition coefficient (Wildman–Crippen LogP) is 3.05. The van der Waals surface area contributed by atoms with Gasteiger partial charge in [-0.15, -0.1) is 0 Å². The number of aryl methyl sites for hydroxylation is 1. The Kier molecular flexibility index (Phi) is 3.82. The van der Waals surface area contributed by atoms with Gasteiger partial charge in [-0.3, -0.25) is 4.79 Å². The second-order valence-corrected chi connectivity index (χ2v) is 5.69. The van der Waals surface area contributed by atoms with E-state index in [1.54, 1.807) is 37.4 Å². The van der Waals surface area contributed by atoms with Crippen LogP contribution in [0, 0.1) is 12.7 Å². The van der Waals surface area contributed by atoms with Crippen LogP contribution in [0.3, 0.4) is 0 Å². The van der Waals surface area contributed by atoms with Crippen molar-refractivity contribution in [1.82, 2.24) is 4.98 Å². The summed E-state index contributed by atoms with van der Waals surface area (Å²) in [6, 6.07) is 9.84. The van der Waals surface area contributed by atoms with Crippen molar-refractivity contribution < 1.29 is 14.0 Å². The molecule has 0 saturated carbocycles. The molecular weight excluding hydrogens is 297 g/mol. The lowest BCUT2D eigenvalue weighted by Crippen LogP contribution is -2.40. The molecule has 1 aliphatic heterocycles. The van der Waals surface area contributed by atoms with Crippen molar-refractivity contribution in [3.05, 3.63) is 59.5 Å². The molecule has 1 N–H and O–H groups in total. The molecule has 1 aromatic carbocycles. The lowest BCUT2D eigenvalue weighted by atomic mass is 9.95. The number of hydrogen-bond donors (Lipinski definition) is 1. The van der Waals surface area contributed by atoms with Crippen LogP contribution in [0.1, 0.15) is 24.5 Å². The van der Waals surface area contributed by atoms with E-state index in [1.807, 2.05) is 13.0 Å². The van der Waals surface area contributed by atoms with Gasteiger partial charge in [0.15, 0.2) is 0 Å². The molecule has 0 radical (unpaired) electrons. The standard InChI is InChI=1S/C17H16FN3O2/c1-11-7-8-15(19-10-11)20-16(22)17(2)9-14(21-23-17)12-5-3-4-6-13(12)18/h3-8,10H,9H2,1-2H3,(H,19,20,22)/t17-/m1/s1. The Bertz CT molecular complexity index is 774. The number of nitrogens with one attached hydrogen (secondary N) is 1. The van der Waals surface area contributed by atoms with Crippen molar-refractivity contribution in [2.24, 2.45) is 5.16 Å². The second kappa shape index (κ2) is 5.79. The number of oxime groups is 1. The molecule has 0 spiro atoms. The van der Waals surface area contributed by atoms with Crippen molar-refractivity contribution in [3.8, 4) is 0 Å². The summed E-state index contributed by atoms with van der Waals surface area (Å²) in [5.41, 5.74) is 0.566. The van der Waals surface area contributed by atoms with Crippen molar-refractivity contribution in [1.29, 1.82) is 0 Å². The van der Waals surface area contributed by atoms with E-state index in [1.165, 1.54) is 6.07 Å². The Balaban J connectivity index is 1.73. The average Bonchev–Trinajstić information content (AvgIpc) is 2.94. The van der Waals surface area contributed by atoms with Crippen LogP contribution in [0.25, 0.3) is 0 Å². The highest BCUT2D eigenvalue weighted by atomic mass is 19.1. The highest BCUT2D eigenvalue weighted by Gasteiger charge is 2.42. The maximum atomic E-state index is 13.8. The molecule has 5 nitrogen and oxygen atoms in total. The van der Waals surface area contributed by atoms with Gasteiger partial charge in [-0.05, 0) is 31.5 Å². The predicted molar refractivity (Wildman–Crippen MR) is 84.6 cm³/mol. The van der Waals surface area contributed by atoms with E-state index in [-0.39, 0.29) is 18.1 Å². The van der Waals surface area contributed by atoms with Gasteiger partial charge in [-0.2, -0.15) is 0 Å². The van der Waals surface area contributed by atoms with Gasteiger partial charge < -0.3 is 10.2 Å². The number of halogens is 1. The van der Waals surface area contributed by atoms with Crippen molar-refractivity contribution in [2.45, 2.75) is 25.9 Å². The Morgan fingerprint density at radius 3 is 2.78 bits per heavy atom. The summed E-state index contributed by atoms with van der Waals surface area (Å²) in [6.07, 6.45) is 1.85. The van der Waals surface area contributed by atoms with E-state index in [4.69, 9.17) is 4.84 Å². The first kappa shape index (κ1) is 15.1. The number of anilines is 1. The Morgan fingerprint density at radius 1 is 1.30 bits per heavy atom. The van der Waals surface area contributed by atoms with Gasteiger partial charge in [-0.1, -0.05) is 29.4 Å². The molecule has 3 rings (SSSR count). The number of pyridine rings is 1. The van der Waals surface area contributed by atoms with Gasteiger partial charge in [0.2, 0.25) is 5.60 Å². The molecule has 6 heteroatoms. The fourth-order valence-electron chi connectivity index (χ4n) is 2.29. The van der Waals surface area contributed by atoms with Crippen LogP contribution in [-0.2, 0) is 9.63 Å². The number of nitrogens with zero attached hydrogens (tertiary/aromatic N) is 2. The van der Waals surface area contributed by atoms with E-state index in [2.05, 4.69) is 15.5 Å². The first-order valence-electron chi connectivity index (χ1n) is 7.22. The SMILES string of the molecule is Cc1ccc(NC(=O)[C@@]2(C)CC(c3ccccc3F)=NO2)nc1. The minimum atomic E-state index is -1.19. The maximum absolute atomic E-state index is 13.8. The van der Waals surface area contributed by atoms with Crippen molar-refractivity contribution in [3.63, 3.8) is 0 Å². The van der Waals surface area contributed by atoms with E-state index in [0.717, 1.165) is 5.56 Å². The van der Waals surface area contributed by atoms with E-state index in [9.17, 15) is 9.18 Å². The number of rotatable bonds is 3. The number of benzene rings is 1. The van der Waals surface area contributed by atoms with Gasteiger partial charge in [0.25, 0.3) is 5.91 Å². The van der Waals surface area contributed by atoms with E-state index >= 15 is 0 Å². The smallest absolute Gasteiger partial charge is 0.272 e. The largest absolute Gasteiger partial charge is 0.379 e. The van der Waals surface area contributed by atoms with Gasteiger partial charge in [-0.25, -0.2) is 9.37 Å². The molecule has 23 heavy (non-hydrogen) atoms. The summed E-state index contributed by atoms with van der Waals surface area (Å²) in [5, 5.41) is 6.59. The molecule has 1 atom stereocenters. The molecule has 0 saturated heterocycles. The highest BCUT2D eigenvalue weighted by Crippen LogP contribution is 2.28. The zero-order valence-electron chi connectivity index (χ0n) is 12.8. The zero-order chi connectivity index (χ0) is 16.4. The molecule has 1 aliphatic rings. The summed E-state index contributed by atoms with van der Waals surface area (Å²) >= 11 is 0. The van der Waals surface area contributed by atoms with Crippen molar-refractivity contribution in [2.75, 3.05) is 5.32 Å². The van der Waals surface area contributed by atoms with E-state index < -0.39 is 5.60 Å². The molecule has 1 aromatic heterocycles. The van der Waals surface area contributed by atoms with Gasteiger partial charge in [0, 0.05) is 18.2 Å². The third-order valence-electron chi connectivity index (χ3n) is 3.68. The quantitative estimate of drug-likeness (QED) is 0.947. The molecular formula is C17H16FN3O2. The first-order valence-corrected chi connectivity index (χ1v) is 7.22. The Hall–Kier alpha value is -2.76. The normalized spacial score (nSPS) is 19.9. The van der Waals surface area contributed by atoms with Crippen LogP contribution >= 0.6 is 0 Å². The topological polar surface area (TPSA) is 63.6 Å². The molecule has 118 valence electrons. The highest BCUT2D eigenvalue weighted by molar-refractivity contribution is 6.07. The minimum absolute atomic E-state index is 0.186.